The van der Waals surface area contributed by atoms with Crippen molar-refractivity contribution in [3.05, 3.63) is 17.0 Å². The van der Waals surface area contributed by atoms with Gasteiger partial charge in [-0.2, -0.15) is 0 Å². The van der Waals surface area contributed by atoms with Crippen molar-refractivity contribution in [3.8, 4) is 0 Å². The Hall–Kier alpha value is -0.728. The van der Waals surface area contributed by atoms with Gasteiger partial charge in [-0.15, -0.1) is 0 Å². The van der Waals surface area contributed by atoms with Gasteiger partial charge in [0, 0.05) is 0 Å². The Morgan fingerprint density at radius 1 is 1.56 bits per heavy atom. The normalized spacial score (nSPS) is 14.6. The predicted molar refractivity (Wildman–Crippen MR) is 56.6 cm³/mol. The molecule has 1 aliphatic carbocycles. The number of nitrogens with zero attached hydrogens (tertiary/aromatic N) is 2. The van der Waals surface area contributed by atoms with Crippen LogP contribution in [-0.4, -0.2) is 52.0 Å². The average Bonchev–Trinajstić information content (AvgIpc) is 2.58. The summed E-state index contributed by atoms with van der Waals surface area (Å²) in [5.74, 6) is -0.306. The van der Waals surface area contributed by atoms with Crippen molar-refractivity contribution in [1.29, 1.82) is 0 Å². The van der Waals surface area contributed by atoms with Crippen LogP contribution in [0.3, 0.4) is 0 Å². The average molecular weight is 412 g/mol. The Morgan fingerprint density at radius 2 is 2.31 bits per heavy atom. The number of carbonyl (C=O) groups is 2. The van der Waals surface area contributed by atoms with Crippen LogP contribution in [0.4, 0.5) is 0 Å². The van der Waals surface area contributed by atoms with Crippen molar-refractivity contribution in [2.45, 2.75) is 26.2 Å². The number of aromatic nitrogens is 2. The Labute approximate surface area is 109 Å². The summed E-state index contributed by atoms with van der Waals surface area (Å²) >= 11 is 0.393. The van der Waals surface area contributed by atoms with Crippen LogP contribution >= 0.6 is 0 Å². The molecule has 0 saturated carbocycles. The number of hydrogen-bond acceptors (Lipinski definition) is 4. The van der Waals surface area contributed by atoms with Gasteiger partial charge in [-0.1, -0.05) is 0 Å². The first-order chi connectivity index (χ1) is 7.65. The SMILES string of the molecule is CCOC(=O)c1n[n]([Tl])c2c1CCCC2=O. The van der Waals surface area contributed by atoms with Crippen LogP contribution in [0.5, 0.6) is 0 Å². The fourth-order valence-electron chi connectivity index (χ4n) is 1.91. The molecule has 0 N–H and O–H groups in total. The summed E-state index contributed by atoms with van der Waals surface area (Å²) in [6.07, 6.45) is 2.12. The zero-order chi connectivity index (χ0) is 11.7. The second-order valence-electron chi connectivity index (χ2n) is 3.62. The molecule has 0 fully saturated rings. The fourth-order valence-corrected chi connectivity index (χ4v) is 3.52. The van der Waals surface area contributed by atoms with Crippen LogP contribution < -0.4 is 0 Å². The quantitative estimate of drug-likeness (QED) is 0.526. The number of Topliss-reactive ketones (excluding diaryl/α,β-unsaturated/α-hetero) is 1. The number of carbonyl (C=O) groups excluding carboxylic acids is 2. The summed E-state index contributed by atoms with van der Waals surface area (Å²) in [6, 6.07) is 0. The topological polar surface area (TPSA) is 61.2 Å². The van der Waals surface area contributed by atoms with Gasteiger partial charge in [0.1, 0.15) is 0 Å². The maximum atomic E-state index is 11.7. The molecule has 0 spiro atoms. The molecule has 0 atom stereocenters. The first kappa shape index (κ1) is 11.7. The van der Waals surface area contributed by atoms with Crippen LogP contribution in [0.1, 0.15) is 46.3 Å². The third-order valence-corrected chi connectivity index (χ3v) is 4.02. The van der Waals surface area contributed by atoms with Crippen molar-refractivity contribution >= 4 is 37.8 Å². The molecule has 0 aliphatic heterocycles. The number of ether oxygens (including phenoxy) is 1. The first-order valence-corrected chi connectivity index (χ1v) is 7.23. The number of rotatable bonds is 2. The van der Waals surface area contributed by atoms with Gasteiger partial charge < -0.3 is 0 Å². The Kier molecular flexibility index (Phi) is 3.41. The molecule has 0 radical (unpaired) electrons. The van der Waals surface area contributed by atoms with E-state index in [0.29, 0.717) is 50.5 Å². The molecule has 0 saturated heterocycles. The molecular weight excluding hydrogens is 401 g/mol. The Morgan fingerprint density at radius 3 is 3.00 bits per heavy atom. The zero-order valence-corrected chi connectivity index (χ0v) is 13.5. The minimum atomic E-state index is -0.409. The van der Waals surface area contributed by atoms with Crippen LogP contribution in [0.25, 0.3) is 0 Å². The summed E-state index contributed by atoms with van der Waals surface area (Å²) in [5.41, 5.74) is 1.77. The molecule has 6 heteroatoms. The molecule has 1 aromatic rings. The fraction of sp³-hybridized carbons (Fsp3) is 0.500. The van der Waals surface area contributed by atoms with Gasteiger partial charge in [0.2, 0.25) is 0 Å². The van der Waals surface area contributed by atoms with E-state index in [0.717, 1.165) is 18.4 Å². The molecule has 0 aromatic carbocycles. The zero-order valence-electron chi connectivity index (χ0n) is 9.02. The van der Waals surface area contributed by atoms with E-state index in [2.05, 4.69) is 5.10 Å². The predicted octanol–water partition coefficient (Wildman–Crippen LogP) is 0.510. The van der Waals surface area contributed by atoms with Crippen LogP contribution in [0.15, 0.2) is 0 Å². The van der Waals surface area contributed by atoms with E-state index >= 15 is 0 Å². The monoisotopic (exact) mass is 412 g/mol. The van der Waals surface area contributed by atoms with Crippen LogP contribution in [0, 0.1) is 0 Å². The van der Waals surface area contributed by atoms with Gasteiger partial charge in [-0.05, 0) is 0 Å². The van der Waals surface area contributed by atoms with Gasteiger partial charge in [0.15, 0.2) is 0 Å². The number of ketones is 1. The van der Waals surface area contributed by atoms with E-state index in [1.807, 2.05) is 0 Å². The van der Waals surface area contributed by atoms with Gasteiger partial charge >= 0.3 is 109 Å². The molecule has 82 valence electrons. The summed E-state index contributed by atoms with van der Waals surface area (Å²) in [5, 5.41) is 4.16. The molecule has 0 bridgehead atoms. The van der Waals surface area contributed by atoms with Crippen molar-refractivity contribution in [1.82, 2.24) is 7.59 Å². The van der Waals surface area contributed by atoms with Gasteiger partial charge in [0.05, 0.1) is 0 Å². The molecule has 1 aliphatic rings. The second kappa shape index (κ2) is 4.64. The number of fused-ring (bicyclic) bond motifs is 1. The van der Waals surface area contributed by atoms with Crippen LogP contribution in [0.2, 0.25) is 0 Å². The van der Waals surface area contributed by atoms with E-state index < -0.39 is 5.97 Å². The second-order valence-corrected chi connectivity index (χ2v) is 5.52. The van der Waals surface area contributed by atoms with E-state index in [4.69, 9.17) is 4.74 Å². The summed E-state index contributed by atoms with van der Waals surface area (Å²) in [4.78, 5) is 23.4. The van der Waals surface area contributed by atoms with Gasteiger partial charge in [-0.25, -0.2) is 0 Å². The van der Waals surface area contributed by atoms with Crippen molar-refractivity contribution in [2.75, 3.05) is 6.61 Å². The Balaban J connectivity index is 2.45. The third-order valence-electron chi connectivity index (χ3n) is 2.57. The molecule has 1 aromatic heterocycles. The minimum absolute atomic E-state index is 0.104. The molecule has 0 unspecified atom stereocenters. The first-order valence-electron chi connectivity index (χ1n) is 5.22. The maximum absolute atomic E-state index is 11.7. The standard InChI is InChI=1S/C10H12N2O3.Tl/c1-2-15-10(14)9-6-4-3-5-7(13)8(6)11-12-9;/h2-5H2,1H3,(H,11,12,13,14);/q;+1/p-1. The molecule has 0 amide bonds. The van der Waals surface area contributed by atoms with E-state index in [9.17, 15) is 9.59 Å². The third kappa shape index (κ3) is 1.92. The molecule has 16 heavy (non-hydrogen) atoms. The summed E-state index contributed by atoms with van der Waals surface area (Å²) in [6.45, 7) is 2.09. The summed E-state index contributed by atoms with van der Waals surface area (Å²) in [7, 11) is 0. The van der Waals surface area contributed by atoms with Crippen molar-refractivity contribution in [2.24, 2.45) is 0 Å². The van der Waals surface area contributed by atoms with Gasteiger partial charge in [-0.3, -0.25) is 0 Å². The van der Waals surface area contributed by atoms with Crippen molar-refractivity contribution < 1.29 is 14.3 Å². The Bertz CT molecular complexity index is 453. The van der Waals surface area contributed by atoms with Crippen molar-refractivity contribution in [3.63, 3.8) is 0 Å². The molecular formula is C10H11N2O3Tl. The molecule has 1 heterocycles. The van der Waals surface area contributed by atoms with E-state index in [1.165, 1.54) is 0 Å². The van der Waals surface area contributed by atoms with Crippen LogP contribution in [-0.2, 0) is 11.2 Å². The van der Waals surface area contributed by atoms with E-state index in [-0.39, 0.29) is 5.78 Å². The van der Waals surface area contributed by atoms with E-state index in [1.54, 1.807) is 9.42 Å². The summed E-state index contributed by atoms with van der Waals surface area (Å²) < 4.78 is 6.59. The number of esters is 1. The number of hydrogen-bond donors (Lipinski definition) is 0. The molecule has 5 nitrogen and oxygen atoms in total. The van der Waals surface area contributed by atoms with Gasteiger partial charge in [0.25, 0.3) is 0 Å². The molecule has 2 rings (SSSR count).